The van der Waals surface area contributed by atoms with E-state index in [4.69, 9.17) is 4.74 Å². The van der Waals surface area contributed by atoms with Gasteiger partial charge in [-0.1, -0.05) is 0 Å². The van der Waals surface area contributed by atoms with Crippen LogP contribution in [0.1, 0.15) is 12.8 Å². The van der Waals surface area contributed by atoms with E-state index in [-0.39, 0.29) is 0 Å². The molecule has 0 unspecified atom stereocenters. The predicted octanol–water partition coefficient (Wildman–Crippen LogP) is 0.643. The molecular weight excluding hydrogens is 114 g/mol. The zero-order valence-electron chi connectivity index (χ0n) is 5.55. The lowest BCUT2D eigenvalue weighted by atomic mass is 10.4. The molecule has 1 aliphatic heterocycles. The van der Waals surface area contributed by atoms with Crippen molar-refractivity contribution in [1.82, 2.24) is 4.90 Å². The maximum Gasteiger partial charge on any atom is 0.0976 e. The van der Waals surface area contributed by atoms with Crippen LogP contribution in [0.5, 0.6) is 0 Å². The third-order valence-corrected chi connectivity index (χ3v) is 1.99. The van der Waals surface area contributed by atoms with Crippen LogP contribution < -0.4 is 0 Å². The first kappa shape index (κ1) is 5.69. The fourth-order valence-electron chi connectivity index (χ4n) is 1.26. The molecule has 0 spiro atoms. The first-order chi connectivity index (χ1) is 4.47. The van der Waals surface area contributed by atoms with Crippen LogP contribution in [-0.4, -0.2) is 30.6 Å². The number of ether oxygens (including phenoxy) is 1. The number of nitrogens with zero attached hydrogens (tertiary/aromatic N) is 1. The van der Waals surface area contributed by atoms with Gasteiger partial charge in [0.05, 0.1) is 13.2 Å². The maximum absolute atomic E-state index is 5.11. The SMILES string of the molecule is [CH]1CN(C2CC2)CCO1. The first-order valence-corrected chi connectivity index (χ1v) is 3.64. The predicted molar refractivity (Wildman–Crippen MR) is 34.8 cm³/mol. The second-order valence-electron chi connectivity index (χ2n) is 2.76. The van der Waals surface area contributed by atoms with Crippen LogP contribution in [0, 0.1) is 6.61 Å². The highest BCUT2D eigenvalue weighted by atomic mass is 16.5. The Bertz CT molecular complexity index is 95.1. The maximum atomic E-state index is 5.11. The van der Waals surface area contributed by atoms with Crippen molar-refractivity contribution in [2.45, 2.75) is 18.9 Å². The minimum Gasteiger partial charge on any atom is -0.373 e. The molecule has 1 radical (unpaired) electrons. The number of hydrogen-bond acceptors (Lipinski definition) is 2. The van der Waals surface area contributed by atoms with Crippen LogP contribution in [0.25, 0.3) is 0 Å². The molecule has 0 aromatic carbocycles. The standard InChI is InChI=1S/C7H12NO/c1-2-7(1)8-3-5-9-6-4-8/h5,7H,1-4,6H2. The van der Waals surface area contributed by atoms with Crippen molar-refractivity contribution < 1.29 is 4.74 Å². The fraction of sp³-hybridized carbons (Fsp3) is 0.857. The Kier molecular flexibility index (Phi) is 1.44. The second kappa shape index (κ2) is 2.27. The number of morpholine rings is 1. The lowest BCUT2D eigenvalue weighted by Crippen LogP contribution is -2.35. The molecule has 2 rings (SSSR count). The van der Waals surface area contributed by atoms with E-state index >= 15 is 0 Å². The van der Waals surface area contributed by atoms with E-state index in [0.717, 1.165) is 25.7 Å². The molecule has 51 valence electrons. The Hall–Kier alpha value is -0.0800. The summed E-state index contributed by atoms with van der Waals surface area (Å²) in [4.78, 5) is 2.49. The summed E-state index contributed by atoms with van der Waals surface area (Å²) in [7, 11) is 0. The number of hydrogen-bond donors (Lipinski definition) is 0. The van der Waals surface area contributed by atoms with Gasteiger partial charge in [0.1, 0.15) is 0 Å². The molecule has 2 aliphatic rings. The Labute approximate surface area is 55.8 Å². The van der Waals surface area contributed by atoms with Gasteiger partial charge in [-0.15, -0.1) is 0 Å². The summed E-state index contributed by atoms with van der Waals surface area (Å²) in [6, 6.07) is 0.908. The zero-order chi connectivity index (χ0) is 6.10. The van der Waals surface area contributed by atoms with Gasteiger partial charge in [-0.05, 0) is 12.8 Å². The quantitative estimate of drug-likeness (QED) is 0.511. The summed E-state index contributed by atoms with van der Waals surface area (Å²) in [5.74, 6) is 0. The van der Waals surface area contributed by atoms with Crippen molar-refractivity contribution in [3.8, 4) is 0 Å². The molecule has 1 heterocycles. The van der Waals surface area contributed by atoms with Gasteiger partial charge in [0.2, 0.25) is 0 Å². The van der Waals surface area contributed by atoms with E-state index in [2.05, 4.69) is 4.90 Å². The van der Waals surface area contributed by atoms with Crippen LogP contribution in [0.2, 0.25) is 0 Å². The van der Waals surface area contributed by atoms with E-state index in [9.17, 15) is 0 Å². The average molecular weight is 126 g/mol. The van der Waals surface area contributed by atoms with Crippen LogP contribution in [0.15, 0.2) is 0 Å². The van der Waals surface area contributed by atoms with Crippen molar-refractivity contribution in [2.24, 2.45) is 0 Å². The Morgan fingerprint density at radius 1 is 1.44 bits per heavy atom. The molecule has 0 aromatic rings. The Morgan fingerprint density at radius 2 is 2.33 bits per heavy atom. The van der Waals surface area contributed by atoms with E-state index < -0.39 is 0 Å². The molecular formula is C7H12NO. The van der Waals surface area contributed by atoms with Crippen molar-refractivity contribution in [3.63, 3.8) is 0 Å². The molecule has 0 aromatic heterocycles. The van der Waals surface area contributed by atoms with Gasteiger partial charge >= 0.3 is 0 Å². The molecule has 0 atom stereocenters. The van der Waals surface area contributed by atoms with Gasteiger partial charge in [0.15, 0.2) is 0 Å². The van der Waals surface area contributed by atoms with Gasteiger partial charge in [-0.3, -0.25) is 4.90 Å². The highest BCUT2D eigenvalue weighted by Gasteiger charge is 2.29. The smallest absolute Gasteiger partial charge is 0.0976 e. The molecule has 2 fully saturated rings. The minimum absolute atomic E-state index is 0.899. The Morgan fingerprint density at radius 3 is 2.89 bits per heavy atom. The van der Waals surface area contributed by atoms with Crippen molar-refractivity contribution in [2.75, 3.05) is 19.7 Å². The summed E-state index contributed by atoms with van der Waals surface area (Å²) in [6.45, 7) is 5.00. The highest BCUT2D eigenvalue weighted by molar-refractivity contribution is 4.87. The number of rotatable bonds is 1. The fourth-order valence-corrected chi connectivity index (χ4v) is 1.26. The van der Waals surface area contributed by atoms with Crippen molar-refractivity contribution in [3.05, 3.63) is 6.61 Å². The summed E-state index contributed by atoms with van der Waals surface area (Å²) in [5, 5.41) is 0. The molecule has 2 nitrogen and oxygen atoms in total. The van der Waals surface area contributed by atoms with Gasteiger partial charge < -0.3 is 4.74 Å². The molecule has 1 saturated carbocycles. The van der Waals surface area contributed by atoms with E-state index in [1.54, 1.807) is 0 Å². The van der Waals surface area contributed by atoms with Gasteiger partial charge in [0, 0.05) is 19.1 Å². The largest absolute Gasteiger partial charge is 0.373 e. The third kappa shape index (κ3) is 1.25. The van der Waals surface area contributed by atoms with Gasteiger partial charge in [-0.2, -0.15) is 0 Å². The summed E-state index contributed by atoms with van der Waals surface area (Å²) in [6.07, 6.45) is 2.82. The van der Waals surface area contributed by atoms with E-state index in [0.29, 0.717) is 0 Å². The van der Waals surface area contributed by atoms with Crippen LogP contribution >= 0.6 is 0 Å². The Balaban J connectivity index is 1.80. The van der Waals surface area contributed by atoms with Gasteiger partial charge in [0.25, 0.3) is 0 Å². The van der Waals surface area contributed by atoms with Crippen molar-refractivity contribution in [1.29, 1.82) is 0 Å². The summed E-state index contributed by atoms with van der Waals surface area (Å²) >= 11 is 0. The molecule has 1 aliphatic carbocycles. The molecule has 2 heteroatoms. The zero-order valence-corrected chi connectivity index (χ0v) is 5.55. The molecule has 0 amide bonds. The van der Waals surface area contributed by atoms with Crippen LogP contribution in [0.3, 0.4) is 0 Å². The monoisotopic (exact) mass is 126 g/mol. The summed E-state index contributed by atoms with van der Waals surface area (Å²) < 4.78 is 5.11. The van der Waals surface area contributed by atoms with Crippen LogP contribution in [0.4, 0.5) is 0 Å². The molecule has 0 bridgehead atoms. The van der Waals surface area contributed by atoms with E-state index in [1.807, 2.05) is 6.61 Å². The molecule has 0 N–H and O–H groups in total. The second-order valence-corrected chi connectivity index (χ2v) is 2.76. The van der Waals surface area contributed by atoms with Crippen LogP contribution in [-0.2, 0) is 4.74 Å². The lowest BCUT2D eigenvalue weighted by molar-refractivity contribution is 0.0807. The van der Waals surface area contributed by atoms with E-state index in [1.165, 1.54) is 12.8 Å². The third-order valence-electron chi connectivity index (χ3n) is 1.99. The topological polar surface area (TPSA) is 12.5 Å². The first-order valence-electron chi connectivity index (χ1n) is 3.64. The average Bonchev–Trinajstić information content (AvgIpc) is 2.71. The van der Waals surface area contributed by atoms with Gasteiger partial charge in [-0.25, -0.2) is 0 Å². The normalized spacial score (nSPS) is 30.7. The highest BCUT2D eigenvalue weighted by Crippen LogP contribution is 2.27. The summed E-state index contributed by atoms with van der Waals surface area (Å²) in [5.41, 5.74) is 0. The van der Waals surface area contributed by atoms with Crippen molar-refractivity contribution >= 4 is 0 Å². The lowest BCUT2D eigenvalue weighted by Gasteiger charge is -2.25. The molecule has 1 saturated heterocycles. The molecule has 9 heavy (non-hydrogen) atoms. The minimum atomic E-state index is 0.899.